The van der Waals surface area contributed by atoms with Crippen molar-refractivity contribution in [1.29, 1.82) is 0 Å². The molecule has 0 atom stereocenters. The Kier molecular flexibility index (Phi) is 5.00. The zero-order valence-corrected chi connectivity index (χ0v) is 16.1. The first kappa shape index (κ1) is 18.7. The zero-order valence-electron chi connectivity index (χ0n) is 16.1. The van der Waals surface area contributed by atoms with Crippen molar-refractivity contribution in [2.75, 3.05) is 6.54 Å². The van der Waals surface area contributed by atoms with Crippen LogP contribution in [0.2, 0.25) is 0 Å². The van der Waals surface area contributed by atoms with Crippen LogP contribution in [0.4, 0.5) is 0 Å². The van der Waals surface area contributed by atoms with E-state index in [2.05, 4.69) is 12.2 Å². The lowest BCUT2D eigenvalue weighted by atomic mass is 9.76. The Morgan fingerprint density at radius 1 is 0.862 bits per heavy atom. The Balaban J connectivity index is 1.65. The highest BCUT2D eigenvalue weighted by Gasteiger charge is 2.30. The lowest BCUT2D eigenvalue weighted by Gasteiger charge is -2.31. The van der Waals surface area contributed by atoms with Crippen molar-refractivity contribution in [1.82, 2.24) is 5.32 Å². The molecule has 0 bridgehead atoms. The minimum absolute atomic E-state index is 0.00664. The molecule has 4 heteroatoms. The molecule has 0 aliphatic heterocycles. The molecular weight excluding hydrogens is 362 g/mol. The molecule has 0 aliphatic carbocycles. The Hall–Kier alpha value is -3.66. The summed E-state index contributed by atoms with van der Waals surface area (Å²) < 4.78 is 5.30. The molecule has 4 aromatic rings. The van der Waals surface area contributed by atoms with E-state index in [4.69, 9.17) is 4.42 Å². The number of benzene rings is 3. The van der Waals surface area contributed by atoms with Crippen molar-refractivity contribution in [2.45, 2.75) is 12.3 Å². The number of carbonyl (C=O) groups excluding carboxylic acids is 1. The van der Waals surface area contributed by atoms with Gasteiger partial charge in [-0.1, -0.05) is 78.9 Å². The molecule has 0 radical (unpaired) electrons. The van der Waals surface area contributed by atoms with Gasteiger partial charge in [-0.2, -0.15) is 0 Å². The SMILES string of the molecule is CC(CNC(=O)c1cc2ccccc2oc1=O)(c1ccccc1)c1ccccc1. The average molecular weight is 383 g/mol. The van der Waals surface area contributed by atoms with Gasteiger partial charge < -0.3 is 9.73 Å². The highest BCUT2D eigenvalue weighted by Crippen LogP contribution is 2.31. The van der Waals surface area contributed by atoms with Gasteiger partial charge in [0.05, 0.1) is 0 Å². The van der Waals surface area contributed by atoms with Gasteiger partial charge in [-0.15, -0.1) is 0 Å². The van der Waals surface area contributed by atoms with E-state index in [1.165, 1.54) is 0 Å². The molecular formula is C25H21NO3. The lowest BCUT2D eigenvalue weighted by Crippen LogP contribution is -2.40. The fraction of sp³-hybridized carbons (Fsp3) is 0.120. The maximum Gasteiger partial charge on any atom is 0.349 e. The van der Waals surface area contributed by atoms with E-state index in [1.807, 2.05) is 72.8 Å². The number of nitrogens with one attached hydrogen (secondary N) is 1. The van der Waals surface area contributed by atoms with E-state index in [1.54, 1.807) is 18.2 Å². The minimum atomic E-state index is -0.637. The molecule has 1 amide bonds. The molecule has 144 valence electrons. The standard InChI is InChI=1S/C25H21NO3/c1-25(19-11-4-2-5-12-19,20-13-6-3-7-14-20)17-26-23(27)21-16-18-10-8-9-15-22(18)29-24(21)28/h2-16H,17H2,1H3,(H,26,27). The first-order valence-electron chi connectivity index (χ1n) is 9.50. The smallest absolute Gasteiger partial charge is 0.349 e. The lowest BCUT2D eigenvalue weighted by molar-refractivity contribution is 0.0944. The van der Waals surface area contributed by atoms with E-state index < -0.39 is 16.9 Å². The van der Waals surface area contributed by atoms with Crippen LogP contribution in [-0.4, -0.2) is 12.5 Å². The zero-order chi connectivity index (χ0) is 20.3. The Labute approximate surface area is 168 Å². The Morgan fingerprint density at radius 2 is 1.41 bits per heavy atom. The molecule has 0 aliphatic rings. The molecule has 0 fully saturated rings. The molecule has 0 saturated heterocycles. The average Bonchev–Trinajstić information content (AvgIpc) is 2.78. The summed E-state index contributed by atoms with van der Waals surface area (Å²) >= 11 is 0. The number of hydrogen-bond donors (Lipinski definition) is 1. The molecule has 4 nitrogen and oxygen atoms in total. The molecule has 4 rings (SSSR count). The second kappa shape index (κ2) is 7.76. The van der Waals surface area contributed by atoms with Gasteiger partial charge in [0.2, 0.25) is 0 Å². The highest BCUT2D eigenvalue weighted by atomic mass is 16.4. The summed E-state index contributed by atoms with van der Waals surface area (Å²) in [5.74, 6) is -0.442. The molecule has 29 heavy (non-hydrogen) atoms. The number of hydrogen-bond acceptors (Lipinski definition) is 3. The number of carbonyl (C=O) groups is 1. The van der Waals surface area contributed by atoms with E-state index in [-0.39, 0.29) is 5.56 Å². The van der Waals surface area contributed by atoms with Gasteiger partial charge >= 0.3 is 5.63 Å². The predicted molar refractivity (Wildman–Crippen MR) is 114 cm³/mol. The fourth-order valence-electron chi connectivity index (χ4n) is 3.56. The third-order valence-electron chi connectivity index (χ3n) is 5.31. The summed E-state index contributed by atoms with van der Waals surface area (Å²) in [5.41, 5.74) is 1.55. The van der Waals surface area contributed by atoms with Crippen molar-refractivity contribution >= 4 is 16.9 Å². The van der Waals surface area contributed by atoms with Gasteiger partial charge in [0.1, 0.15) is 11.1 Å². The van der Waals surface area contributed by atoms with Crippen molar-refractivity contribution in [3.05, 3.63) is 118 Å². The third-order valence-corrected chi connectivity index (χ3v) is 5.31. The van der Waals surface area contributed by atoms with E-state index in [0.29, 0.717) is 17.5 Å². The molecule has 0 saturated carbocycles. The van der Waals surface area contributed by atoms with Crippen molar-refractivity contribution in [3.8, 4) is 0 Å². The monoisotopic (exact) mass is 383 g/mol. The number of rotatable bonds is 5. The van der Waals surface area contributed by atoms with Gasteiger partial charge in [-0.05, 0) is 30.2 Å². The van der Waals surface area contributed by atoms with Crippen LogP contribution in [-0.2, 0) is 5.41 Å². The van der Waals surface area contributed by atoms with Crippen molar-refractivity contribution < 1.29 is 9.21 Å². The predicted octanol–water partition coefficient (Wildman–Crippen LogP) is 4.53. The summed E-state index contributed by atoms with van der Waals surface area (Å²) in [7, 11) is 0. The van der Waals surface area contributed by atoms with Crippen LogP contribution in [0.1, 0.15) is 28.4 Å². The van der Waals surface area contributed by atoms with E-state index in [0.717, 1.165) is 11.1 Å². The quantitative estimate of drug-likeness (QED) is 0.515. The van der Waals surface area contributed by atoms with Crippen LogP contribution >= 0.6 is 0 Å². The topological polar surface area (TPSA) is 59.3 Å². The second-order valence-corrected chi connectivity index (χ2v) is 7.23. The van der Waals surface area contributed by atoms with Gasteiger partial charge in [-0.3, -0.25) is 4.79 Å². The first-order valence-corrected chi connectivity index (χ1v) is 9.50. The minimum Gasteiger partial charge on any atom is -0.422 e. The van der Waals surface area contributed by atoms with Gasteiger partial charge in [-0.25, -0.2) is 4.79 Å². The second-order valence-electron chi connectivity index (χ2n) is 7.23. The highest BCUT2D eigenvalue weighted by molar-refractivity contribution is 5.96. The normalized spacial score (nSPS) is 11.3. The molecule has 1 N–H and O–H groups in total. The summed E-state index contributed by atoms with van der Waals surface area (Å²) in [5, 5.41) is 3.66. The van der Waals surface area contributed by atoms with Crippen LogP contribution in [0.15, 0.2) is 100 Å². The fourth-order valence-corrected chi connectivity index (χ4v) is 3.56. The van der Waals surface area contributed by atoms with Crippen LogP contribution < -0.4 is 10.9 Å². The molecule has 1 heterocycles. The summed E-state index contributed by atoms with van der Waals surface area (Å²) in [6, 6.07) is 28.8. The number of amides is 1. The van der Waals surface area contributed by atoms with Gasteiger partial charge in [0.15, 0.2) is 0 Å². The van der Waals surface area contributed by atoms with Gasteiger partial charge in [0, 0.05) is 17.3 Å². The van der Waals surface area contributed by atoms with Crippen molar-refractivity contribution in [2.24, 2.45) is 0 Å². The summed E-state index contributed by atoms with van der Waals surface area (Å²) in [6.07, 6.45) is 0. The first-order chi connectivity index (χ1) is 14.1. The maximum absolute atomic E-state index is 12.8. The van der Waals surface area contributed by atoms with Crippen LogP contribution in [0.3, 0.4) is 0 Å². The van der Waals surface area contributed by atoms with E-state index >= 15 is 0 Å². The summed E-state index contributed by atoms with van der Waals surface area (Å²) in [6.45, 7) is 2.42. The largest absolute Gasteiger partial charge is 0.422 e. The van der Waals surface area contributed by atoms with Crippen molar-refractivity contribution in [3.63, 3.8) is 0 Å². The van der Waals surface area contributed by atoms with Gasteiger partial charge in [0.25, 0.3) is 5.91 Å². The number of para-hydroxylation sites is 1. The summed E-state index contributed by atoms with van der Waals surface area (Å²) in [4.78, 5) is 25.2. The van der Waals surface area contributed by atoms with Crippen LogP contribution in [0.25, 0.3) is 11.0 Å². The van der Waals surface area contributed by atoms with Crippen LogP contribution in [0, 0.1) is 0 Å². The molecule has 0 spiro atoms. The Bertz CT molecular complexity index is 1160. The Morgan fingerprint density at radius 3 is 2.03 bits per heavy atom. The third kappa shape index (κ3) is 3.69. The van der Waals surface area contributed by atoms with E-state index in [9.17, 15) is 9.59 Å². The van der Waals surface area contributed by atoms with Crippen LogP contribution in [0.5, 0.6) is 0 Å². The maximum atomic E-state index is 12.8. The molecule has 3 aromatic carbocycles. The molecule has 1 aromatic heterocycles. The molecule has 0 unspecified atom stereocenters. The number of fused-ring (bicyclic) bond motifs is 1.